The normalized spacial score (nSPS) is 16.2. The molecule has 2 amide bonds. The van der Waals surface area contributed by atoms with Gasteiger partial charge in [-0.15, -0.1) is 0 Å². The summed E-state index contributed by atoms with van der Waals surface area (Å²) in [4.78, 5) is 25.1. The number of likely N-dealkylation sites (tertiary alicyclic amines) is 1. The van der Waals surface area contributed by atoms with Gasteiger partial charge in [0.2, 0.25) is 5.91 Å². The molecule has 1 saturated heterocycles. The van der Waals surface area contributed by atoms with Gasteiger partial charge in [0.15, 0.2) is 0 Å². The second kappa shape index (κ2) is 7.11. The molecule has 2 rings (SSSR count). The molecule has 1 heterocycles. The molecule has 0 aliphatic carbocycles. The van der Waals surface area contributed by atoms with E-state index in [0.29, 0.717) is 18.0 Å². The van der Waals surface area contributed by atoms with E-state index in [1.165, 1.54) is 29.2 Å². The Labute approximate surface area is 134 Å². The third-order valence-electron chi connectivity index (χ3n) is 3.38. The van der Waals surface area contributed by atoms with Crippen molar-refractivity contribution in [3.05, 3.63) is 29.3 Å². The molecule has 0 saturated carbocycles. The molecule has 0 atom stereocenters. The number of nitrogens with zero attached hydrogens (tertiary/aromatic N) is 1. The molecule has 1 N–H and O–H groups in total. The Balaban J connectivity index is 2.01. The lowest BCUT2D eigenvalue weighted by Crippen LogP contribution is -2.42. The first kappa shape index (κ1) is 16.8. The molecule has 0 spiro atoms. The van der Waals surface area contributed by atoms with Crippen LogP contribution in [0.4, 0.5) is 0 Å². The van der Waals surface area contributed by atoms with Gasteiger partial charge < -0.3 is 4.90 Å². The highest BCUT2D eigenvalue weighted by molar-refractivity contribution is 7.90. The Kier molecular flexibility index (Phi) is 5.42. The molecule has 6 nitrogen and oxygen atoms in total. The minimum Gasteiger partial charge on any atom is -0.333 e. The summed E-state index contributed by atoms with van der Waals surface area (Å²) in [5.41, 5.74) is 0. The standard InChI is InChI=1S/C14H17ClN2O4S/c15-11-5-7-12(8-6-11)22(20,21)16-13(18)10-17-9-3-1-2-4-14(17)19/h5-8H,1-4,9-10H2,(H,16,18). The summed E-state index contributed by atoms with van der Waals surface area (Å²) in [7, 11) is -3.95. The van der Waals surface area contributed by atoms with Crippen molar-refractivity contribution in [2.45, 2.75) is 30.6 Å². The molecular weight excluding hydrogens is 328 g/mol. The van der Waals surface area contributed by atoms with Crippen LogP contribution in [0.25, 0.3) is 0 Å². The van der Waals surface area contributed by atoms with Gasteiger partial charge in [-0.05, 0) is 37.1 Å². The Hall–Kier alpha value is -1.60. The Morgan fingerprint density at radius 3 is 2.55 bits per heavy atom. The minimum absolute atomic E-state index is 0.0487. The number of benzene rings is 1. The first-order valence-electron chi connectivity index (χ1n) is 6.97. The van der Waals surface area contributed by atoms with E-state index >= 15 is 0 Å². The van der Waals surface area contributed by atoms with E-state index in [-0.39, 0.29) is 17.3 Å². The van der Waals surface area contributed by atoms with Crippen LogP contribution in [0.1, 0.15) is 25.7 Å². The van der Waals surface area contributed by atoms with Gasteiger partial charge in [-0.25, -0.2) is 13.1 Å². The number of nitrogens with one attached hydrogen (secondary N) is 1. The highest BCUT2D eigenvalue weighted by Gasteiger charge is 2.23. The summed E-state index contributed by atoms with van der Waals surface area (Å²) in [6.07, 6.45) is 2.97. The molecule has 1 aromatic rings. The first-order chi connectivity index (χ1) is 10.4. The summed E-state index contributed by atoms with van der Waals surface area (Å²) in [5.74, 6) is -0.832. The molecule has 0 bridgehead atoms. The zero-order chi connectivity index (χ0) is 16.2. The summed E-state index contributed by atoms with van der Waals surface area (Å²) in [6.45, 7) is 0.235. The molecule has 120 valence electrons. The monoisotopic (exact) mass is 344 g/mol. The zero-order valence-electron chi connectivity index (χ0n) is 11.9. The van der Waals surface area contributed by atoms with Gasteiger partial charge in [0.25, 0.3) is 15.9 Å². The summed E-state index contributed by atoms with van der Waals surface area (Å²) < 4.78 is 26.1. The maximum atomic E-state index is 12.1. The van der Waals surface area contributed by atoms with E-state index in [1.807, 2.05) is 4.72 Å². The summed E-state index contributed by atoms with van der Waals surface area (Å²) in [6, 6.07) is 5.49. The molecule has 0 aromatic heterocycles. The lowest BCUT2D eigenvalue weighted by atomic mass is 10.2. The van der Waals surface area contributed by atoms with Crippen molar-refractivity contribution >= 4 is 33.4 Å². The molecule has 1 aliphatic heterocycles. The second-order valence-corrected chi connectivity index (χ2v) is 7.23. The number of carbonyl (C=O) groups excluding carboxylic acids is 2. The van der Waals surface area contributed by atoms with Gasteiger partial charge >= 0.3 is 0 Å². The van der Waals surface area contributed by atoms with Crippen molar-refractivity contribution in [1.82, 2.24) is 9.62 Å². The topological polar surface area (TPSA) is 83.6 Å². The van der Waals surface area contributed by atoms with E-state index < -0.39 is 15.9 Å². The Morgan fingerprint density at radius 1 is 1.18 bits per heavy atom. The molecule has 0 radical (unpaired) electrons. The van der Waals surface area contributed by atoms with Gasteiger partial charge in [0.05, 0.1) is 4.90 Å². The third-order valence-corrected chi connectivity index (χ3v) is 5.02. The Morgan fingerprint density at radius 2 is 1.86 bits per heavy atom. The first-order valence-corrected chi connectivity index (χ1v) is 8.83. The highest BCUT2D eigenvalue weighted by atomic mass is 35.5. The SMILES string of the molecule is O=C(CN1CCCCCC1=O)NS(=O)(=O)c1ccc(Cl)cc1. The fourth-order valence-electron chi connectivity index (χ4n) is 2.23. The molecule has 1 aromatic carbocycles. The van der Waals surface area contributed by atoms with Crippen LogP contribution in [0.2, 0.25) is 5.02 Å². The molecule has 1 fully saturated rings. The van der Waals surface area contributed by atoms with Gasteiger partial charge in [0.1, 0.15) is 6.54 Å². The van der Waals surface area contributed by atoms with Gasteiger partial charge in [-0.1, -0.05) is 18.0 Å². The van der Waals surface area contributed by atoms with Crippen molar-refractivity contribution in [3.8, 4) is 0 Å². The van der Waals surface area contributed by atoms with E-state index in [4.69, 9.17) is 11.6 Å². The smallest absolute Gasteiger partial charge is 0.264 e. The average molecular weight is 345 g/mol. The average Bonchev–Trinajstić information content (AvgIpc) is 2.64. The lowest BCUT2D eigenvalue weighted by molar-refractivity contribution is -0.135. The fourth-order valence-corrected chi connectivity index (χ4v) is 3.34. The Bertz CT molecular complexity index is 658. The van der Waals surface area contributed by atoms with Crippen LogP contribution in [0.5, 0.6) is 0 Å². The number of carbonyl (C=O) groups is 2. The maximum absolute atomic E-state index is 12.1. The van der Waals surface area contributed by atoms with Crippen LogP contribution >= 0.6 is 11.6 Å². The molecule has 22 heavy (non-hydrogen) atoms. The maximum Gasteiger partial charge on any atom is 0.264 e. The summed E-state index contributed by atoms with van der Waals surface area (Å²) in [5, 5.41) is 0.403. The summed E-state index contributed by atoms with van der Waals surface area (Å²) >= 11 is 5.70. The lowest BCUT2D eigenvalue weighted by Gasteiger charge is -2.19. The zero-order valence-corrected chi connectivity index (χ0v) is 13.5. The van der Waals surface area contributed by atoms with Gasteiger partial charge in [-0.2, -0.15) is 0 Å². The number of hydrogen-bond donors (Lipinski definition) is 1. The van der Waals surface area contributed by atoms with Crippen molar-refractivity contribution in [2.24, 2.45) is 0 Å². The quantitative estimate of drug-likeness (QED) is 0.898. The van der Waals surface area contributed by atoms with Crippen LogP contribution in [0.15, 0.2) is 29.2 Å². The number of hydrogen-bond acceptors (Lipinski definition) is 4. The van der Waals surface area contributed by atoms with E-state index in [9.17, 15) is 18.0 Å². The van der Waals surface area contributed by atoms with Crippen molar-refractivity contribution in [3.63, 3.8) is 0 Å². The number of sulfonamides is 1. The predicted octanol–water partition coefficient (Wildman–Crippen LogP) is 1.55. The molecule has 8 heteroatoms. The van der Waals surface area contributed by atoms with E-state index in [0.717, 1.165) is 19.3 Å². The van der Waals surface area contributed by atoms with Crippen LogP contribution < -0.4 is 4.72 Å². The van der Waals surface area contributed by atoms with Crippen molar-refractivity contribution < 1.29 is 18.0 Å². The van der Waals surface area contributed by atoms with Crippen LogP contribution in [0.3, 0.4) is 0 Å². The molecular formula is C14H17ClN2O4S. The highest BCUT2D eigenvalue weighted by Crippen LogP contribution is 2.14. The van der Waals surface area contributed by atoms with Crippen LogP contribution in [0, 0.1) is 0 Å². The second-order valence-electron chi connectivity index (χ2n) is 5.11. The molecule has 0 unspecified atom stereocenters. The van der Waals surface area contributed by atoms with E-state index in [2.05, 4.69) is 0 Å². The van der Waals surface area contributed by atoms with Crippen molar-refractivity contribution in [2.75, 3.05) is 13.1 Å². The number of halogens is 1. The molecule has 1 aliphatic rings. The number of amides is 2. The van der Waals surface area contributed by atoms with Crippen LogP contribution in [-0.2, 0) is 19.6 Å². The van der Waals surface area contributed by atoms with E-state index in [1.54, 1.807) is 0 Å². The predicted molar refractivity (Wildman–Crippen MR) is 81.8 cm³/mol. The largest absolute Gasteiger partial charge is 0.333 e. The minimum atomic E-state index is -3.95. The van der Waals surface area contributed by atoms with Crippen LogP contribution in [-0.4, -0.2) is 38.2 Å². The van der Waals surface area contributed by atoms with Gasteiger partial charge in [-0.3, -0.25) is 9.59 Å². The van der Waals surface area contributed by atoms with Gasteiger partial charge in [0, 0.05) is 18.0 Å². The number of rotatable bonds is 4. The third kappa shape index (κ3) is 4.45. The van der Waals surface area contributed by atoms with Crippen molar-refractivity contribution in [1.29, 1.82) is 0 Å². The fraction of sp³-hybridized carbons (Fsp3) is 0.429.